The van der Waals surface area contributed by atoms with Crippen molar-refractivity contribution >= 4 is 22.4 Å². The van der Waals surface area contributed by atoms with Crippen LogP contribution in [0.15, 0.2) is 21.3 Å². The highest BCUT2D eigenvalue weighted by atomic mass is 16.4. The highest BCUT2D eigenvalue weighted by molar-refractivity contribution is 5.86. The van der Waals surface area contributed by atoms with E-state index < -0.39 is 0 Å². The number of anilines is 1. The minimum absolute atomic E-state index is 0.100. The van der Waals surface area contributed by atoms with Crippen LogP contribution in [-0.2, 0) is 17.8 Å². The van der Waals surface area contributed by atoms with Crippen LogP contribution in [0.4, 0.5) is 5.69 Å². The van der Waals surface area contributed by atoms with Gasteiger partial charge in [0.2, 0.25) is 0 Å². The SMILES string of the molecule is CC(=O)CN1CCc2c(c(=O)oc3cc(C)c(N)cc23)C1. The Morgan fingerprint density at radius 1 is 1.38 bits per heavy atom. The molecule has 110 valence electrons. The van der Waals surface area contributed by atoms with Gasteiger partial charge in [-0.2, -0.15) is 0 Å². The predicted octanol–water partition coefficient (Wildman–Crippen LogP) is 1.63. The van der Waals surface area contributed by atoms with E-state index in [2.05, 4.69) is 0 Å². The van der Waals surface area contributed by atoms with Crippen molar-refractivity contribution in [1.82, 2.24) is 4.90 Å². The second-order valence-corrected chi connectivity index (χ2v) is 5.71. The van der Waals surface area contributed by atoms with Gasteiger partial charge in [-0.1, -0.05) is 0 Å². The standard InChI is InChI=1S/C16H18N2O3/c1-9-5-15-12(6-14(9)17)11-3-4-18(7-10(2)19)8-13(11)16(20)21-15/h5-6H,3-4,7-8,17H2,1-2H3. The summed E-state index contributed by atoms with van der Waals surface area (Å²) in [4.78, 5) is 25.4. The van der Waals surface area contributed by atoms with Crippen molar-refractivity contribution < 1.29 is 9.21 Å². The summed E-state index contributed by atoms with van der Waals surface area (Å²) >= 11 is 0. The maximum atomic E-state index is 12.2. The molecular formula is C16H18N2O3. The van der Waals surface area contributed by atoms with Gasteiger partial charge in [0.1, 0.15) is 11.4 Å². The number of aryl methyl sites for hydroxylation is 1. The zero-order valence-corrected chi connectivity index (χ0v) is 12.2. The molecule has 0 amide bonds. The fourth-order valence-electron chi connectivity index (χ4n) is 2.93. The Morgan fingerprint density at radius 2 is 2.14 bits per heavy atom. The van der Waals surface area contributed by atoms with E-state index in [1.165, 1.54) is 0 Å². The van der Waals surface area contributed by atoms with E-state index in [4.69, 9.17) is 10.2 Å². The molecule has 2 heterocycles. The van der Waals surface area contributed by atoms with Crippen LogP contribution in [0.25, 0.3) is 11.0 Å². The third-order valence-corrected chi connectivity index (χ3v) is 4.01. The summed E-state index contributed by atoms with van der Waals surface area (Å²) in [6, 6.07) is 3.70. The Labute approximate surface area is 122 Å². The summed E-state index contributed by atoms with van der Waals surface area (Å²) in [6.07, 6.45) is 0.729. The number of nitrogens with two attached hydrogens (primary N) is 1. The average Bonchev–Trinajstić information content (AvgIpc) is 2.41. The molecule has 0 spiro atoms. The number of rotatable bonds is 2. The maximum Gasteiger partial charge on any atom is 0.341 e. The van der Waals surface area contributed by atoms with Crippen molar-refractivity contribution in [2.75, 3.05) is 18.8 Å². The van der Waals surface area contributed by atoms with Crippen LogP contribution in [0.5, 0.6) is 0 Å². The van der Waals surface area contributed by atoms with E-state index in [9.17, 15) is 9.59 Å². The van der Waals surface area contributed by atoms with E-state index in [1.807, 2.05) is 24.0 Å². The molecule has 0 radical (unpaired) electrons. The molecule has 2 N–H and O–H groups in total. The number of carbonyl (C=O) groups excluding carboxylic acids is 1. The van der Waals surface area contributed by atoms with Crippen LogP contribution in [0.2, 0.25) is 0 Å². The fourth-order valence-corrected chi connectivity index (χ4v) is 2.93. The van der Waals surface area contributed by atoms with Crippen molar-refractivity contribution in [1.29, 1.82) is 0 Å². The third kappa shape index (κ3) is 2.45. The quantitative estimate of drug-likeness (QED) is 0.670. The number of ketones is 1. The van der Waals surface area contributed by atoms with E-state index in [0.717, 1.165) is 29.5 Å². The Kier molecular flexibility index (Phi) is 3.29. The van der Waals surface area contributed by atoms with Crippen molar-refractivity contribution in [3.8, 4) is 0 Å². The molecule has 0 saturated heterocycles. The molecule has 5 nitrogen and oxygen atoms in total. The maximum absolute atomic E-state index is 12.2. The summed E-state index contributed by atoms with van der Waals surface area (Å²) in [7, 11) is 0. The molecule has 0 fully saturated rings. The van der Waals surface area contributed by atoms with E-state index >= 15 is 0 Å². The van der Waals surface area contributed by atoms with Gasteiger partial charge in [0, 0.05) is 24.2 Å². The molecule has 1 aromatic carbocycles. The van der Waals surface area contributed by atoms with Crippen LogP contribution in [0.3, 0.4) is 0 Å². The number of hydrogen-bond acceptors (Lipinski definition) is 5. The predicted molar refractivity (Wildman–Crippen MR) is 81.3 cm³/mol. The Hall–Kier alpha value is -2.14. The van der Waals surface area contributed by atoms with Crippen molar-refractivity contribution in [3.05, 3.63) is 39.2 Å². The molecule has 0 saturated carbocycles. The van der Waals surface area contributed by atoms with Gasteiger partial charge in [-0.15, -0.1) is 0 Å². The molecule has 0 unspecified atom stereocenters. The van der Waals surface area contributed by atoms with Crippen LogP contribution < -0.4 is 11.4 Å². The van der Waals surface area contributed by atoms with Gasteiger partial charge in [0.05, 0.1) is 12.1 Å². The number of nitrogen functional groups attached to an aromatic ring is 1. The van der Waals surface area contributed by atoms with Crippen LogP contribution >= 0.6 is 0 Å². The zero-order valence-electron chi connectivity index (χ0n) is 12.2. The van der Waals surface area contributed by atoms with E-state index in [1.54, 1.807) is 6.92 Å². The first-order valence-corrected chi connectivity index (χ1v) is 7.02. The number of fused-ring (bicyclic) bond motifs is 3. The lowest BCUT2D eigenvalue weighted by Crippen LogP contribution is -2.36. The lowest BCUT2D eigenvalue weighted by atomic mass is 9.96. The molecule has 3 rings (SSSR count). The summed E-state index contributed by atoms with van der Waals surface area (Å²) in [5.74, 6) is 0.100. The van der Waals surface area contributed by atoms with Crippen LogP contribution in [0, 0.1) is 6.92 Å². The molecule has 1 aromatic heterocycles. The normalized spacial score (nSPS) is 15.1. The lowest BCUT2D eigenvalue weighted by Gasteiger charge is -2.27. The van der Waals surface area contributed by atoms with Gasteiger partial charge < -0.3 is 10.2 Å². The van der Waals surface area contributed by atoms with Gasteiger partial charge in [-0.3, -0.25) is 9.69 Å². The van der Waals surface area contributed by atoms with Crippen molar-refractivity contribution in [3.63, 3.8) is 0 Å². The zero-order chi connectivity index (χ0) is 15.1. The molecule has 2 aromatic rings. The molecule has 5 heteroatoms. The number of carbonyl (C=O) groups is 1. The van der Waals surface area contributed by atoms with Crippen LogP contribution in [0.1, 0.15) is 23.6 Å². The summed E-state index contributed by atoms with van der Waals surface area (Å²) in [5.41, 5.74) is 9.51. The third-order valence-electron chi connectivity index (χ3n) is 4.01. The Balaban J connectivity index is 2.13. The largest absolute Gasteiger partial charge is 0.422 e. The first-order chi connectivity index (χ1) is 9.95. The number of benzene rings is 1. The summed E-state index contributed by atoms with van der Waals surface area (Å²) < 4.78 is 5.43. The minimum atomic E-state index is -0.310. The Bertz CT molecular complexity index is 792. The van der Waals surface area contributed by atoms with Gasteiger partial charge in [0.25, 0.3) is 0 Å². The molecule has 21 heavy (non-hydrogen) atoms. The number of hydrogen-bond donors (Lipinski definition) is 1. The lowest BCUT2D eigenvalue weighted by molar-refractivity contribution is -0.118. The fraction of sp³-hybridized carbons (Fsp3) is 0.375. The first kappa shape index (κ1) is 13.8. The van der Waals surface area contributed by atoms with Gasteiger partial charge in [0.15, 0.2) is 0 Å². The van der Waals surface area contributed by atoms with Crippen molar-refractivity contribution in [2.45, 2.75) is 26.8 Å². The molecule has 1 aliphatic rings. The molecule has 0 bridgehead atoms. The van der Waals surface area contributed by atoms with Crippen LogP contribution in [-0.4, -0.2) is 23.8 Å². The van der Waals surface area contributed by atoms with Gasteiger partial charge in [-0.05, 0) is 43.5 Å². The summed E-state index contributed by atoms with van der Waals surface area (Å²) in [5, 5.41) is 0.912. The van der Waals surface area contributed by atoms with E-state index in [-0.39, 0.29) is 11.4 Å². The number of nitrogens with zero attached hydrogens (tertiary/aromatic N) is 1. The molecule has 0 atom stereocenters. The monoisotopic (exact) mass is 286 g/mol. The van der Waals surface area contributed by atoms with Gasteiger partial charge >= 0.3 is 5.63 Å². The smallest absolute Gasteiger partial charge is 0.341 e. The second-order valence-electron chi connectivity index (χ2n) is 5.71. The Morgan fingerprint density at radius 3 is 2.86 bits per heavy atom. The highest BCUT2D eigenvalue weighted by Gasteiger charge is 2.23. The number of Topliss-reactive ketones (excluding diaryl/α,β-unsaturated/α-hetero) is 1. The molecule has 0 aliphatic carbocycles. The second kappa shape index (κ2) is 5.00. The summed E-state index contributed by atoms with van der Waals surface area (Å²) in [6.45, 7) is 5.04. The minimum Gasteiger partial charge on any atom is -0.422 e. The molecule has 1 aliphatic heterocycles. The first-order valence-electron chi connectivity index (χ1n) is 7.02. The van der Waals surface area contributed by atoms with Crippen molar-refractivity contribution in [2.24, 2.45) is 0 Å². The topological polar surface area (TPSA) is 76.5 Å². The van der Waals surface area contributed by atoms with Gasteiger partial charge in [-0.25, -0.2) is 4.79 Å². The highest BCUT2D eigenvalue weighted by Crippen LogP contribution is 2.28. The van der Waals surface area contributed by atoms with E-state index in [0.29, 0.717) is 29.9 Å². The average molecular weight is 286 g/mol. The molecular weight excluding hydrogens is 268 g/mol.